The number of rotatable bonds is 3. The summed E-state index contributed by atoms with van der Waals surface area (Å²) in [6, 6.07) is 19.2. The summed E-state index contributed by atoms with van der Waals surface area (Å²) in [6.07, 6.45) is 1.75. The van der Waals surface area contributed by atoms with Gasteiger partial charge in [0.25, 0.3) is 5.91 Å². The first-order valence-corrected chi connectivity index (χ1v) is 6.79. The molecule has 0 atom stereocenters. The van der Waals surface area contributed by atoms with Crippen LogP contribution in [-0.4, -0.2) is 5.91 Å². The molecule has 96 valence electrons. The van der Waals surface area contributed by atoms with E-state index in [0.29, 0.717) is 4.48 Å². The Bertz CT molecular complexity index is 539. The summed E-state index contributed by atoms with van der Waals surface area (Å²) in [5.74, 6) is -0.0834. The van der Waals surface area contributed by atoms with E-state index in [-0.39, 0.29) is 5.91 Å². The molecule has 0 aromatic heterocycles. The summed E-state index contributed by atoms with van der Waals surface area (Å²) in [5.41, 5.74) is 1.69. The zero-order chi connectivity index (χ0) is 13.7. The van der Waals surface area contributed by atoms with Crippen LogP contribution in [-0.2, 0) is 4.79 Å². The zero-order valence-electron chi connectivity index (χ0n) is 10.6. The number of hydrogen-bond acceptors (Lipinski definition) is 1. The molecule has 19 heavy (non-hydrogen) atoms. The molecule has 2 aromatic rings. The fraction of sp³-hybridized carbons (Fsp3) is 0.0625. The highest BCUT2D eigenvalue weighted by Crippen LogP contribution is 2.27. The van der Waals surface area contributed by atoms with Gasteiger partial charge in [0.1, 0.15) is 0 Å². The Kier molecular flexibility index (Phi) is 4.53. The Morgan fingerprint density at radius 3 is 1.74 bits per heavy atom. The van der Waals surface area contributed by atoms with Gasteiger partial charge in [-0.1, -0.05) is 42.5 Å². The van der Waals surface area contributed by atoms with Crippen molar-refractivity contribution < 1.29 is 4.79 Å². The average Bonchev–Trinajstić information content (AvgIpc) is 2.49. The van der Waals surface area contributed by atoms with Crippen LogP contribution in [0.3, 0.4) is 0 Å². The molecule has 0 aliphatic rings. The Balaban J connectivity index is 2.49. The maximum absolute atomic E-state index is 12.5. The molecule has 0 saturated heterocycles. The first-order chi connectivity index (χ1) is 9.24. The van der Waals surface area contributed by atoms with Crippen LogP contribution in [0.25, 0.3) is 0 Å². The highest BCUT2D eigenvalue weighted by atomic mass is 79.9. The second-order valence-electron chi connectivity index (χ2n) is 3.95. The van der Waals surface area contributed by atoms with Crippen molar-refractivity contribution in [3.63, 3.8) is 0 Å². The number of carbonyl (C=O) groups is 1. The highest BCUT2D eigenvalue weighted by molar-refractivity contribution is 9.12. The predicted molar refractivity (Wildman–Crippen MR) is 82.7 cm³/mol. The summed E-state index contributed by atoms with van der Waals surface area (Å²) in [6.45, 7) is 1.83. The molecule has 0 bridgehead atoms. The minimum absolute atomic E-state index is 0.0834. The van der Waals surface area contributed by atoms with E-state index in [2.05, 4.69) is 15.9 Å². The number of anilines is 2. The van der Waals surface area contributed by atoms with Crippen LogP contribution >= 0.6 is 15.9 Å². The molecule has 1 amide bonds. The number of hydrogen-bond donors (Lipinski definition) is 0. The first kappa shape index (κ1) is 13.6. The lowest BCUT2D eigenvalue weighted by molar-refractivity contribution is -0.113. The van der Waals surface area contributed by atoms with Crippen LogP contribution in [0, 0.1) is 0 Å². The molecule has 2 nitrogen and oxygen atoms in total. The summed E-state index contributed by atoms with van der Waals surface area (Å²) in [7, 11) is 0. The van der Waals surface area contributed by atoms with Crippen molar-refractivity contribution in [1.82, 2.24) is 0 Å². The van der Waals surface area contributed by atoms with Crippen LogP contribution in [0.1, 0.15) is 6.92 Å². The summed E-state index contributed by atoms with van der Waals surface area (Å²) in [4.78, 5) is 14.2. The molecule has 3 heteroatoms. The molecule has 0 aliphatic carbocycles. The lowest BCUT2D eigenvalue weighted by atomic mass is 10.2. The minimum Gasteiger partial charge on any atom is -0.277 e. The highest BCUT2D eigenvalue weighted by Gasteiger charge is 2.19. The average molecular weight is 316 g/mol. The molecule has 0 fully saturated rings. The van der Waals surface area contributed by atoms with Gasteiger partial charge in [0, 0.05) is 11.4 Å². The predicted octanol–water partition coefficient (Wildman–Crippen LogP) is 4.65. The molecule has 0 spiro atoms. The summed E-state index contributed by atoms with van der Waals surface area (Å²) < 4.78 is 0.542. The fourth-order valence-corrected chi connectivity index (χ4v) is 1.95. The normalized spacial score (nSPS) is 11.2. The summed E-state index contributed by atoms with van der Waals surface area (Å²) in [5, 5.41) is 0. The smallest absolute Gasteiger partial charge is 0.269 e. The van der Waals surface area contributed by atoms with Crippen molar-refractivity contribution in [1.29, 1.82) is 0 Å². The van der Waals surface area contributed by atoms with Gasteiger partial charge >= 0.3 is 0 Å². The Morgan fingerprint density at radius 1 is 0.947 bits per heavy atom. The fourth-order valence-electron chi connectivity index (χ4n) is 1.77. The molecule has 2 rings (SSSR count). The largest absolute Gasteiger partial charge is 0.277 e. The van der Waals surface area contributed by atoms with Crippen LogP contribution in [0.5, 0.6) is 0 Å². The second kappa shape index (κ2) is 6.34. The van der Waals surface area contributed by atoms with E-state index < -0.39 is 0 Å². The van der Waals surface area contributed by atoms with Crippen molar-refractivity contribution >= 4 is 33.2 Å². The molecule has 2 aromatic carbocycles. The molecule has 0 saturated carbocycles. The van der Waals surface area contributed by atoms with E-state index in [9.17, 15) is 4.79 Å². The van der Waals surface area contributed by atoms with E-state index in [1.807, 2.05) is 67.6 Å². The maximum Gasteiger partial charge on any atom is 0.269 e. The van der Waals surface area contributed by atoms with Crippen molar-refractivity contribution in [2.45, 2.75) is 6.92 Å². The third kappa shape index (κ3) is 3.12. The van der Waals surface area contributed by atoms with E-state index >= 15 is 0 Å². The number of amides is 1. The minimum atomic E-state index is -0.0834. The van der Waals surface area contributed by atoms with Crippen molar-refractivity contribution in [2.75, 3.05) is 4.90 Å². The summed E-state index contributed by atoms with van der Waals surface area (Å²) >= 11 is 3.31. The Labute approximate surface area is 121 Å². The molecule has 0 N–H and O–H groups in total. The number of para-hydroxylation sites is 2. The van der Waals surface area contributed by atoms with E-state index in [1.54, 1.807) is 11.0 Å². The van der Waals surface area contributed by atoms with Crippen molar-refractivity contribution in [3.05, 3.63) is 71.2 Å². The third-order valence-corrected chi connectivity index (χ3v) is 3.49. The number of benzene rings is 2. The molecule has 0 heterocycles. The molecule has 0 aliphatic heterocycles. The quantitative estimate of drug-likeness (QED) is 0.755. The van der Waals surface area contributed by atoms with E-state index in [1.165, 1.54) is 0 Å². The van der Waals surface area contributed by atoms with Gasteiger partial charge < -0.3 is 0 Å². The second-order valence-corrected chi connectivity index (χ2v) is 4.80. The van der Waals surface area contributed by atoms with Gasteiger partial charge in [-0.3, -0.25) is 9.69 Å². The monoisotopic (exact) mass is 315 g/mol. The SMILES string of the molecule is C/C=C(\Br)C(=O)N(c1ccccc1)c1ccccc1. The van der Waals surface area contributed by atoms with E-state index in [0.717, 1.165) is 11.4 Å². The first-order valence-electron chi connectivity index (χ1n) is 6.00. The number of allylic oxidation sites excluding steroid dienone is 1. The van der Waals surface area contributed by atoms with Crippen molar-refractivity contribution in [2.24, 2.45) is 0 Å². The van der Waals surface area contributed by atoms with Gasteiger partial charge in [0.05, 0.1) is 4.48 Å². The number of nitrogens with zero attached hydrogens (tertiary/aromatic N) is 1. The van der Waals surface area contributed by atoms with Crippen LogP contribution < -0.4 is 4.90 Å². The van der Waals surface area contributed by atoms with Gasteiger partial charge in [0.2, 0.25) is 0 Å². The van der Waals surface area contributed by atoms with Crippen LogP contribution in [0.4, 0.5) is 11.4 Å². The molecular weight excluding hydrogens is 302 g/mol. The third-order valence-electron chi connectivity index (χ3n) is 2.69. The van der Waals surface area contributed by atoms with Gasteiger partial charge in [-0.15, -0.1) is 0 Å². The maximum atomic E-state index is 12.5. The lowest BCUT2D eigenvalue weighted by Crippen LogP contribution is -2.25. The lowest BCUT2D eigenvalue weighted by Gasteiger charge is -2.22. The molecular formula is C16H14BrNO. The Morgan fingerprint density at radius 2 is 1.37 bits per heavy atom. The standard InChI is InChI=1S/C16H14BrNO/c1-2-15(17)16(19)18(13-9-5-3-6-10-13)14-11-7-4-8-12-14/h2-12H,1H3/b15-2-. The van der Waals surface area contributed by atoms with Gasteiger partial charge in [-0.05, 0) is 47.1 Å². The van der Waals surface area contributed by atoms with E-state index in [4.69, 9.17) is 0 Å². The van der Waals surface area contributed by atoms with Crippen LogP contribution in [0.2, 0.25) is 0 Å². The Hall–Kier alpha value is -1.87. The number of carbonyl (C=O) groups excluding carboxylic acids is 1. The zero-order valence-corrected chi connectivity index (χ0v) is 12.2. The number of halogens is 1. The van der Waals surface area contributed by atoms with Crippen LogP contribution in [0.15, 0.2) is 71.2 Å². The van der Waals surface area contributed by atoms with Crippen molar-refractivity contribution in [3.8, 4) is 0 Å². The molecule has 0 unspecified atom stereocenters. The topological polar surface area (TPSA) is 20.3 Å². The van der Waals surface area contributed by atoms with Gasteiger partial charge in [-0.2, -0.15) is 0 Å². The van der Waals surface area contributed by atoms with Gasteiger partial charge in [0.15, 0.2) is 0 Å². The van der Waals surface area contributed by atoms with Gasteiger partial charge in [-0.25, -0.2) is 0 Å². The molecule has 0 radical (unpaired) electrons.